The molecule has 0 aromatic heterocycles. The number of Topliss-reactive ketones (excluding diaryl/α,β-unsaturated/α-hetero) is 1. The third-order valence-electron chi connectivity index (χ3n) is 2.61. The van der Waals surface area contributed by atoms with Crippen LogP contribution < -0.4 is 5.32 Å². The molecular weight excluding hydrogens is 186 g/mol. The second kappa shape index (κ2) is 4.78. The maximum Gasteiger partial charge on any atom is 0.160 e. The molecule has 0 amide bonds. The van der Waals surface area contributed by atoms with Gasteiger partial charge in [-0.2, -0.15) is 0 Å². The number of para-hydroxylation sites is 1. The summed E-state index contributed by atoms with van der Waals surface area (Å²) in [6, 6.07) is 9.97. The molecular formula is C13H15NO. The van der Waals surface area contributed by atoms with Crippen molar-refractivity contribution in [2.45, 2.75) is 19.3 Å². The zero-order valence-corrected chi connectivity index (χ0v) is 8.70. The van der Waals surface area contributed by atoms with Crippen LogP contribution in [0.15, 0.2) is 42.0 Å². The molecule has 2 heteroatoms. The summed E-state index contributed by atoms with van der Waals surface area (Å²) in [5, 5.41) is 3.26. The smallest absolute Gasteiger partial charge is 0.160 e. The highest BCUT2D eigenvalue weighted by molar-refractivity contribution is 5.96. The average Bonchev–Trinajstić information content (AvgIpc) is 2.29. The molecule has 78 valence electrons. The van der Waals surface area contributed by atoms with Crippen molar-refractivity contribution in [3.05, 3.63) is 42.0 Å². The van der Waals surface area contributed by atoms with Gasteiger partial charge in [0, 0.05) is 24.2 Å². The lowest BCUT2D eigenvalue weighted by molar-refractivity contribution is -0.115. The predicted octanol–water partition coefficient (Wildman–Crippen LogP) is 2.78. The molecule has 2 rings (SSSR count). The quantitative estimate of drug-likeness (QED) is 0.814. The maximum absolute atomic E-state index is 11.5. The molecule has 1 aliphatic rings. The van der Waals surface area contributed by atoms with Crippen molar-refractivity contribution < 1.29 is 4.79 Å². The van der Waals surface area contributed by atoms with Gasteiger partial charge in [-0.15, -0.1) is 0 Å². The standard InChI is InChI=1S/C13H15NO/c15-13-9-5-4-6-11(13)10-14-12-7-2-1-3-8-12/h1-3,6-8,14H,4-5,9-10H2. The van der Waals surface area contributed by atoms with Crippen LogP contribution in [0.1, 0.15) is 19.3 Å². The van der Waals surface area contributed by atoms with E-state index in [9.17, 15) is 4.79 Å². The highest BCUT2D eigenvalue weighted by Crippen LogP contribution is 2.15. The first-order chi connectivity index (χ1) is 7.36. The van der Waals surface area contributed by atoms with E-state index < -0.39 is 0 Å². The van der Waals surface area contributed by atoms with Crippen LogP contribution in [0.4, 0.5) is 5.69 Å². The maximum atomic E-state index is 11.5. The van der Waals surface area contributed by atoms with Gasteiger partial charge in [-0.25, -0.2) is 0 Å². The molecule has 0 atom stereocenters. The number of carbonyl (C=O) groups excluding carboxylic acids is 1. The van der Waals surface area contributed by atoms with Gasteiger partial charge in [0.15, 0.2) is 5.78 Å². The Balaban J connectivity index is 1.93. The summed E-state index contributed by atoms with van der Waals surface area (Å²) in [5.41, 5.74) is 2.00. The number of allylic oxidation sites excluding steroid dienone is 1. The monoisotopic (exact) mass is 201 g/mol. The van der Waals surface area contributed by atoms with E-state index in [0.29, 0.717) is 18.7 Å². The Morgan fingerprint density at radius 1 is 1.20 bits per heavy atom. The molecule has 0 radical (unpaired) electrons. The Morgan fingerprint density at radius 2 is 2.00 bits per heavy atom. The largest absolute Gasteiger partial charge is 0.381 e. The summed E-state index contributed by atoms with van der Waals surface area (Å²) < 4.78 is 0. The molecule has 0 fully saturated rings. The summed E-state index contributed by atoms with van der Waals surface area (Å²) in [6.45, 7) is 0.656. The van der Waals surface area contributed by atoms with Crippen molar-refractivity contribution in [1.29, 1.82) is 0 Å². The Bertz CT molecular complexity index is 367. The Kier molecular flexibility index (Phi) is 3.18. The van der Waals surface area contributed by atoms with Crippen LogP contribution in [0, 0.1) is 0 Å². The van der Waals surface area contributed by atoms with Gasteiger partial charge in [-0.05, 0) is 25.0 Å². The van der Waals surface area contributed by atoms with Crippen molar-refractivity contribution in [1.82, 2.24) is 0 Å². The molecule has 0 saturated carbocycles. The zero-order chi connectivity index (χ0) is 10.5. The summed E-state index contributed by atoms with van der Waals surface area (Å²) in [6.07, 6.45) is 4.81. The highest BCUT2D eigenvalue weighted by Gasteiger charge is 2.12. The van der Waals surface area contributed by atoms with Crippen molar-refractivity contribution in [2.24, 2.45) is 0 Å². The molecule has 2 nitrogen and oxygen atoms in total. The van der Waals surface area contributed by atoms with Crippen LogP contribution in [-0.4, -0.2) is 12.3 Å². The minimum absolute atomic E-state index is 0.296. The van der Waals surface area contributed by atoms with Gasteiger partial charge >= 0.3 is 0 Å². The van der Waals surface area contributed by atoms with Crippen molar-refractivity contribution in [2.75, 3.05) is 11.9 Å². The minimum Gasteiger partial charge on any atom is -0.381 e. The second-order valence-electron chi connectivity index (χ2n) is 3.76. The zero-order valence-electron chi connectivity index (χ0n) is 8.70. The molecule has 0 spiro atoms. The number of carbonyl (C=O) groups is 1. The van der Waals surface area contributed by atoms with E-state index in [1.807, 2.05) is 30.3 Å². The summed E-state index contributed by atoms with van der Waals surface area (Å²) in [5.74, 6) is 0.296. The third-order valence-corrected chi connectivity index (χ3v) is 2.61. The van der Waals surface area contributed by atoms with E-state index >= 15 is 0 Å². The molecule has 1 aliphatic carbocycles. The van der Waals surface area contributed by atoms with Gasteiger partial charge in [0.1, 0.15) is 0 Å². The van der Waals surface area contributed by atoms with Crippen LogP contribution >= 0.6 is 0 Å². The van der Waals surface area contributed by atoms with Crippen LogP contribution in [0.25, 0.3) is 0 Å². The van der Waals surface area contributed by atoms with Crippen LogP contribution in [-0.2, 0) is 4.79 Å². The van der Waals surface area contributed by atoms with Crippen LogP contribution in [0.5, 0.6) is 0 Å². The molecule has 15 heavy (non-hydrogen) atoms. The number of anilines is 1. The fourth-order valence-electron chi connectivity index (χ4n) is 1.74. The summed E-state index contributed by atoms with van der Waals surface area (Å²) in [7, 11) is 0. The average molecular weight is 201 g/mol. The predicted molar refractivity (Wildman–Crippen MR) is 61.9 cm³/mol. The van der Waals surface area contributed by atoms with Gasteiger partial charge in [-0.3, -0.25) is 4.79 Å². The fraction of sp³-hybridized carbons (Fsp3) is 0.308. The lowest BCUT2D eigenvalue weighted by Gasteiger charge is -2.13. The number of nitrogens with one attached hydrogen (secondary N) is 1. The SMILES string of the molecule is O=C1CCCC=C1CNc1ccccc1. The highest BCUT2D eigenvalue weighted by atomic mass is 16.1. The van der Waals surface area contributed by atoms with Gasteiger partial charge in [0.05, 0.1) is 0 Å². The summed E-state index contributed by atoms with van der Waals surface area (Å²) in [4.78, 5) is 11.5. The van der Waals surface area contributed by atoms with Crippen molar-refractivity contribution >= 4 is 11.5 Å². The van der Waals surface area contributed by atoms with Crippen molar-refractivity contribution in [3.63, 3.8) is 0 Å². The van der Waals surface area contributed by atoms with Crippen LogP contribution in [0.2, 0.25) is 0 Å². The van der Waals surface area contributed by atoms with Crippen LogP contribution in [0.3, 0.4) is 0 Å². The second-order valence-corrected chi connectivity index (χ2v) is 3.76. The van der Waals surface area contributed by atoms with Gasteiger partial charge < -0.3 is 5.32 Å². The molecule has 0 aliphatic heterocycles. The van der Waals surface area contributed by atoms with E-state index in [1.54, 1.807) is 0 Å². The number of rotatable bonds is 3. The third kappa shape index (κ3) is 2.69. The number of ketones is 1. The number of benzene rings is 1. The first-order valence-electron chi connectivity index (χ1n) is 5.37. The lowest BCUT2D eigenvalue weighted by Crippen LogP contribution is -2.15. The topological polar surface area (TPSA) is 29.1 Å². The first-order valence-corrected chi connectivity index (χ1v) is 5.37. The lowest BCUT2D eigenvalue weighted by atomic mass is 9.98. The Labute approximate surface area is 90.0 Å². The summed E-state index contributed by atoms with van der Waals surface area (Å²) >= 11 is 0. The molecule has 0 unspecified atom stereocenters. The molecule has 1 N–H and O–H groups in total. The molecule has 0 saturated heterocycles. The normalized spacial score (nSPS) is 16.0. The molecule has 1 aromatic rings. The van der Waals surface area contributed by atoms with Crippen molar-refractivity contribution in [3.8, 4) is 0 Å². The van der Waals surface area contributed by atoms with E-state index in [0.717, 1.165) is 24.1 Å². The minimum atomic E-state index is 0.296. The molecule has 0 heterocycles. The van der Waals surface area contributed by atoms with Gasteiger partial charge in [-0.1, -0.05) is 24.3 Å². The van der Waals surface area contributed by atoms with E-state index in [1.165, 1.54) is 0 Å². The van der Waals surface area contributed by atoms with Gasteiger partial charge in [0.2, 0.25) is 0 Å². The Hall–Kier alpha value is -1.57. The Morgan fingerprint density at radius 3 is 2.73 bits per heavy atom. The number of hydrogen-bond acceptors (Lipinski definition) is 2. The first kappa shape index (κ1) is 9.97. The van der Waals surface area contributed by atoms with E-state index in [4.69, 9.17) is 0 Å². The van der Waals surface area contributed by atoms with Gasteiger partial charge in [0.25, 0.3) is 0 Å². The molecule has 1 aromatic carbocycles. The molecule has 0 bridgehead atoms. The van der Waals surface area contributed by atoms with E-state index in [-0.39, 0.29) is 0 Å². The van der Waals surface area contributed by atoms with E-state index in [2.05, 4.69) is 11.4 Å². The number of hydrogen-bond donors (Lipinski definition) is 1. The fourth-order valence-corrected chi connectivity index (χ4v) is 1.74.